The second-order valence-corrected chi connectivity index (χ2v) is 7.20. The summed E-state index contributed by atoms with van der Waals surface area (Å²) in [4.78, 5) is 49.0. The first kappa shape index (κ1) is 22.7. The number of methoxy groups -OCH3 is 1. The van der Waals surface area contributed by atoms with E-state index in [4.69, 9.17) is 4.74 Å². The van der Waals surface area contributed by atoms with Gasteiger partial charge >= 0.3 is 11.9 Å². The fourth-order valence-corrected chi connectivity index (χ4v) is 3.56. The van der Waals surface area contributed by atoms with Gasteiger partial charge in [-0.25, -0.2) is 4.79 Å². The second kappa shape index (κ2) is 10.4. The van der Waals surface area contributed by atoms with E-state index in [-0.39, 0.29) is 16.9 Å². The van der Waals surface area contributed by atoms with Gasteiger partial charge in [0.15, 0.2) is 6.61 Å². The Morgan fingerprint density at radius 1 is 1.09 bits per heavy atom. The van der Waals surface area contributed by atoms with Crippen LogP contribution in [0.1, 0.15) is 23.2 Å². The fraction of sp³-hybridized carbons (Fsp3) is 0.318. The van der Waals surface area contributed by atoms with Crippen LogP contribution in [0.4, 0.5) is 17.1 Å². The minimum Gasteiger partial charge on any atom is -0.465 e. The number of anilines is 2. The molecule has 0 bridgehead atoms. The standard InChI is InChI=1S/C22H23N3O7/c1-31-22(28)16-6-2-3-7-17(16)23-20(26)14-32-21(27)15-10-12-24(13-11-15)18-8-4-5-9-19(18)25(29)30/h2-9,15H,10-14H2,1H3,(H,23,26). The van der Waals surface area contributed by atoms with Crippen LogP contribution in [-0.2, 0) is 19.1 Å². The molecule has 10 heteroatoms. The van der Waals surface area contributed by atoms with E-state index in [0.717, 1.165) is 0 Å². The molecule has 1 heterocycles. The minimum atomic E-state index is -0.594. The number of nitrogens with zero attached hydrogens (tertiary/aromatic N) is 2. The predicted molar refractivity (Wildman–Crippen MR) is 115 cm³/mol. The van der Waals surface area contributed by atoms with E-state index in [0.29, 0.717) is 31.6 Å². The molecule has 168 valence electrons. The molecule has 0 unspecified atom stereocenters. The molecule has 1 N–H and O–H groups in total. The highest BCUT2D eigenvalue weighted by Gasteiger charge is 2.29. The molecular weight excluding hydrogens is 418 g/mol. The molecule has 2 aromatic carbocycles. The molecular formula is C22H23N3O7. The number of carbonyl (C=O) groups is 3. The summed E-state index contributed by atoms with van der Waals surface area (Å²) in [5.74, 6) is -2.07. The zero-order chi connectivity index (χ0) is 23.1. The van der Waals surface area contributed by atoms with E-state index >= 15 is 0 Å². The molecule has 0 aliphatic carbocycles. The summed E-state index contributed by atoms with van der Waals surface area (Å²) in [6.45, 7) is 0.436. The molecule has 1 saturated heterocycles. The molecule has 1 amide bonds. The van der Waals surface area contributed by atoms with Crippen LogP contribution < -0.4 is 10.2 Å². The molecule has 32 heavy (non-hydrogen) atoms. The maximum atomic E-state index is 12.4. The molecule has 1 aliphatic rings. The van der Waals surface area contributed by atoms with Crippen LogP contribution in [0.2, 0.25) is 0 Å². The number of para-hydroxylation sites is 3. The highest BCUT2D eigenvalue weighted by atomic mass is 16.6. The van der Waals surface area contributed by atoms with E-state index in [2.05, 4.69) is 10.1 Å². The van der Waals surface area contributed by atoms with E-state index in [1.807, 2.05) is 4.90 Å². The number of ether oxygens (including phenoxy) is 2. The first-order valence-corrected chi connectivity index (χ1v) is 10.0. The number of nitro benzene ring substituents is 1. The zero-order valence-electron chi connectivity index (χ0n) is 17.5. The van der Waals surface area contributed by atoms with Crippen molar-refractivity contribution in [2.75, 3.05) is 37.0 Å². The predicted octanol–water partition coefficient (Wildman–Crippen LogP) is 2.78. The van der Waals surface area contributed by atoms with Crippen molar-refractivity contribution in [2.24, 2.45) is 5.92 Å². The third-order valence-electron chi connectivity index (χ3n) is 5.20. The van der Waals surface area contributed by atoms with Gasteiger partial charge in [-0.05, 0) is 31.0 Å². The van der Waals surface area contributed by atoms with Crippen molar-refractivity contribution in [1.82, 2.24) is 0 Å². The third kappa shape index (κ3) is 5.39. The van der Waals surface area contributed by atoms with Crippen molar-refractivity contribution < 1.29 is 28.8 Å². The summed E-state index contributed by atoms with van der Waals surface area (Å²) in [5, 5.41) is 13.8. The molecule has 0 radical (unpaired) electrons. The van der Waals surface area contributed by atoms with Gasteiger partial charge in [-0.15, -0.1) is 0 Å². The van der Waals surface area contributed by atoms with Gasteiger partial charge in [0, 0.05) is 19.2 Å². The Labute approximate surface area is 184 Å². The summed E-state index contributed by atoms with van der Waals surface area (Å²) in [6.07, 6.45) is 0.912. The number of hydrogen-bond donors (Lipinski definition) is 1. The Morgan fingerprint density at radius 2 is 1.75 bits per heavy atom. The van der Waals surface area contributed by atoms with Gasteiger partial charge in [-0.3, -0.25) is 19.7 Å². The topological polar surface area (TPSA) is 128 Å². The van der Waals surface area contributed by atoms with E-state index < -0.39 is 35.3 Å². The van der Waals surface area contributed by atoms with Crippen LogP contribution in [0.25, 0.3) is 0 Å². The van der Waals surface area contributed by atoms with Gasteiger partial charge in [-0.1, -0.05) is 24.3 Å². The number of nitrogens with one attached hydrogen (secondary N) is 1. The van der Waals surface area contributed by atoms with E-state index in [1.165, 1.54) is 19.2 Å². The Hall–Kier alpha value is -3.95. The smallest absolute Gasteiger partial charge is 0.339 e. The number of benzene rings is 2. The Bertz CT molecular complexity index is 1020. The largest absolute Gasteiger partial charge is 0.465 e. The fourth-order valence-electron chi connectivity index (χ4n) is 3.56. The van der Waals surface area contributed by atoms with Crippen LogP contribution in [0.15, 0.2) is 48.5 Å². The number of amides is 1. The normalized spacial score (nSPS) is 13.8. The van der Waals surface area contributed by atoms with Gasteiger partial charge in [0.2, 0.25) is 0 Å². The Kier molecular flexibility index (Phi) is 7.37. The minimum absolute atomic E-state index is 0.0254. The number of rotatable bonds is 7. The van der Waals surface area contributed by atoms with E-state index in [9.17, 15) is 24.5 Å². The monoisotopic (exact) mass is 441 g/mol. The second-order valence-electron chi connectivity index (χ2n) is 7.20. The van der Waals surface area contributed by atoms with Crippen molar-refractivity contribution in [3.05, 3.63) is 64.2 Å². The lowest BCUT2D eigenvalue weighted by molar-refractivity contribution is -0.384. The third-order valence-corrected chi connectivity index (χ3v) is 5.20. The van der Waals surface area contributed by atoms with Crippen molar-refractivity contribution in [1.29, 1.82) is 0 Å². The summed E-state index contributed by atoms with van der Waals surface area (Å²) in [5.41, 5.74) is 1.00. The summed E-state index contributed by atoms with van der Waals surface area (Å²) in [6, 6.07) is 12.8. The lowest BCUT2D eigenvalue weighted by Gasteiger charge is -2.32. The molecule has 0 aromatic heterocycles. The highest BCUT2D eigenvalue weighted by molar-refractivity contribution is 6.01. The Morgan fingerprint density at radius 3 is 2.44 bits per heavy atom. The molecule has 0 atom stereocenters. The zero-order valence-corrected chi connectivity index (χ0v) is 17.5. The number of carbonyl (C=O) groups excluding carboxylic acids is 3. The summed E-state index contributed by atoms with van der Waals surface area (Å²) in [7, 11) is 1.24. The van der Waals surface area contributed by atoms with Crippen LogP contribution in [0.5, 0.6) is 0 Å². The average Bonchev–Trinajstić information content (AvgIpc) is 2.82. The van der Waals surface area contributed by atoms with Gasteiger partial charge in [-0.2, -0.15) is 0 Å². The van der Waals surface area contributed by atoms with Crippen LogP contribution in [0, 0.1) is 16.0 Å². The SMILES string of the molecule is COC(=O)c1ccccc1NC(=O)COC(=O)C1CCN(c2ccccc2[N+](=O)[O-])CC1. The average molecular weight is 441 g/mol. The molecule has 0 spiro atoms. The van der Waals surface area contributed by atoms with Gasteiger partial charge in [0.05, 0.1) is 29.2 Å². The van der Waals surface area contributed by atoms with Crippen LogP contribution >= 0.6 is 0 Å². The number of nitro groups is 1. The van der Waals surface area contributed by atoms with Crippen molar-refractivity contribution in [2.45, 2.75) is 12.8 Å². The lowest BCUT2D eigenvalue weighted by atomic mass is 9.96. The van der Waals surface area contributed by atoms with Crippen LogP contribution in [-0.4, -0.2) is 49.6 Å². The molecule has 3 rings (SSSR count). The number of esters is 2. The number of hydrogen-bond acceptors (Lipinski definition) is 8. The quantitative estimate of drug-likeness (QED) is 0.395. The van der Waals surface area contributed by atoms with Gasteiger partial charge < -0.3 is 19.7 Å². The molecule has 0 saturated carbocycles. The first-order chi connectivity index (χ1) is 15.4. The maximum Gasteiger partial charge on any atom is 0.339 e. The van der Waals surface area contributed by atoms with Crippen molar-refractivity contribution >= 4 is 34.9 Å². The molecule has 1 fully saturated rings. The summed E-state index contributed by atoms with van der Waals surface area (Å²) >= 11 is 0. The van der Waals surface area contributed by atoms with Crippen LogP contribution in [0.3, 0.4) is 0 Å². The highest BCUT2D eigenvalue weighted by Crippen LogP contribution is 2.31. The molecule has 10 nitrogen and oxygen atoms in total. The number of piperidine rings is 1. The molecule has 2 aromatic rings. The maximum absolute atomic E-state index is 12.4. The molecule has 1 aliphatic heterocycles. The lowest BCUT2D eigenvalue weighted by Crippen LogP contribution is -2.37. The Balaban J connectivity index is 1.50. The summed E-state index contributed by atoms with van der Waals surface area (Å²) < 4.78 is 9.83. The van der Waals surface area contributed by atoms with Gasteiger partial charge in [0.25, 0.3) is 11.6 Å². The van der Waals surface area contributed by atoms with Crippen molar-refractivity contribution in [3.8, 4) is 0 Å². The first-order valence-electron chi connectivity index (χ1n) is 10.0. The van der Waals surface area contributed by atoms with Crippen molar-refractivity contribution in [3.63, 3.8) is 0 Å². The van der Waals surface area contributed by atoms with Gasteiger partial charge in [0.1, 0.15) is 5.69 Å². The van der Waals surface area contributed by atoms with E-state index in [1.54, 1.807) is 36.4 Å².